The molecule has 0 saturated carbocycles. The van der Waals surface area contributed by atoms with Crippen molar-refractivity contribution in [2.24, 2.45) is 0 Å². The molecule has 0 unspecified atom stereocenters. The fourth-order valence-corrected chi connectivity index (χ4v) is 1.32. The monoisotopic (exact) mass is 178 g/mol. The van der Waals surface area contributed by atoms with Gasteiger partial charge in [-0.15, -0.1) is 0 Å². The van der Waals surface area contributed by atoms with Crippen molar-refractivity contribution >= 4 is 5.52 Å². The summed E-state index contributed by atoms with van der Waals surface area (Å²) in [5.74, 6) is 0. The topological polar surface area (TPSA) is 63.0 Å². The van der Waals surface area contributed by atoms with E-state index in [4.69, 9.17) is 0 Å². The molecule has 2 heterocycles. The van der Waals surface area contributed by atoms with Gasteiger partial charge in [0.2, 0.25) is 0 Å². The van der Waals surface area contributed by atoms with Crippen LogP contribution in [-0.2, 0) is 6.42 Å². The molecule has 0 bridgehead atoms. The van der Waals surface area contributed by atoms with Gasteiger partial charge in [0.25, 0.3) is 0 Å². The van der Waals surface area contributed by atoms with Crippen LogP contribution in [0.3, 0.4) is 0 Å². The van der Waals surface area contributed by atoms with E-state index in [1.54, 1.807) is 6.20 Å². The maximum absolute atomic E-state index is 11.2. The molecule has 0 aliphatic rings. The van der Waals surface area contributed by atoms with E-state index in [1.807, 2.05) is 0 Å². The highest BCUT2D eigenvalue weighted by Gasteiger charge is 2.04. The van der Waals surface area contributed by atoms with Gasteiger partial charge in [-0.3, -0.25) is 0 Å². The van der Waals surface area contributed by atoms with Gasteiger partial charge in [-0.2, -0.15) is 5.10 Å². The third kappa shape index (κ3) is 1.22. The molecule has 0 atom stereocenters. The van der Waals surface area contributed by atoms with Gasteiger partial charge in [0.15, 0.2) is 0 Å². The molecule has 0 aliphatic heterocycles. The first-order chi connectivity index (χ1) is 6.33. The molecule has 0 radical (unpaired) electrons. The average Bonchev–Trinajstić information content (AvgIpc) is 2.59. The molecule has 0 amide bonds. The van der Waals surface area contributed by atoms with Crippen LogP contribution in [0, 0.1) is 0 Å². The Kier molecular flexibility index (Phi) is 1.84. The Morgan fingerprint density at radius 3 is 3.23 bits per heavy atom. The van der Waals surface area contributed by atoms with Crippen LogP contribution < -0.4 is 5.69 Å². The van der Waals surface area contributed by atoms with Gasteiger partial charge < -0.3 is 0 Å². The average molecular weight is 178 g/mol. The maximum Gasteiger partial charge on any atom is 0.347 e. The van der Waals surface area contributed by atoms with Gasteiger partial charge in [-0.1, -0.05) is 13.3 Å². The number of aromatic nitrogens is 4. The SMILES string of the molecule is CCCc1n[nH]c(=O)n2cncc12. The molecule has 13 heavy (non-hydrogen) atoms. The standard InChI is InChI=1S/C8H10N4O/c1-2-3-6-7-4-9-5-12(7)8(13)11-10-6/h4-5H,2-3H2,1H3,(H,11,13). The van der Waals surface area contributed by atoms with Gasteiger partial charge in [0, 0.05) is 0 Å². The quantitative estimate of drug-likeness (QED) is 0.722. The number of H-pyrrole nitrogens is 1. The van der Waals surface area contributed by atoms with Crippen LogP contribution in [0.2, 0.25) is 0 Å². The minimum Gasteiger partial charge on any atom is -0.248 e. The summed E-state index contributed by atoms with van der Waals surface area (Å²) in [6, 6.07) is 0. The second-order valence-corrected chi connectivity index (χ2v) is 2.87. The zero-order chi connectivity index (χ0) is 9.26. The lowest BCUT2D eigenvalue weighted by Crippen LogP contribution is -2.18. The van der Waals surface area contributed by atoms with E-state index in [1.165, 1.54) is 10.7 Å². The number of hydrogen-bond donors (Lipinski definition) is 1. The van der Waals surface area contributed by atoms with Crippen LogP contribution in [0.25, 0.3) is 5.52 Å². The molecule has 2 aromatic rings. The lowest BCUT2D eigenvalue weighted by molar-refractivity contribution is 0.796. The van der Waals surface area contributed by atoms with Crippen molar-refractivity contribution in [1.29, 1.82) is 0 Å². The summed E-state index contributed by atoms with van der Waals surface area (Å²) in [6.45, 7) is 2.07. The Labute approximate surface area is 74.4 Å². The summed E-state index contributed by atoms with van der Waals surface area (Å²) < 4.78 is 1.47. The molecular formula is C8H10N4O. The minimum atomic E-state index is -0.243. The van der Waals surface area contributed by atoms with Crippen molar-refractivity contribution in [2.45, 2.75) is 19.8 Å². The molecule has 5 heteroatoms. The van der Waals surface area contributed by atoms with Crippen molar-refractivity contribution in [1.82, 2.24) is 19.6 Å². The second-order valence-electron chi connectivity index (χ2n) is 2.87. The predicted octanol–water partition coefficient (Wildman–Crippen LogP) is 0.370. The number of nitrogens with one attached hydrogen (secondary N) is 1. The molecule has 0 saturated heterocycles. The number of fused-ring (bicyclic) bond motifs is 1. The smallest absolute Gasteiger partial charge is 0.248 e. The first kappa shape index (κ1) is 7.97. The van der Waals surface area contributed by atoms with Gasteiger partial charge in [-0.25, -0.2) is 19.3 Å². The first-order valence-corrected chi connectivity index (χ1v) is 4.22. The second kappa shape index (κ2) is 3.01. The van der Waals surface area contributed by atoms with E-state index in [9.17, 15) is 4.79 Å². The molecule has 68 valence electrons. The van der Waals surface area contributed by atoms with Gasteiger partial charge in [-0.05, 0) is 6.42 Å². The fourth-order valence-electron chi connectivity index (χ4n) is 1.32. The van der Waals surface area contributed by atoms with E-state index in [0.29, 0.717) is 0 Å². The van der Waals surface area contributed by atoms with Crippen LogP contribution in [0.15, 0.2) is 17.3 Å². The fraction of sp³-hybridized carbons (Fsp3) is 0.375. The van der Waals surface area contributed by atoms with Crippen molar-refractivity contribution in [3.63, 3.8) is 0 Å². The first-order valence-electron chi connectivity index (χ1n) is 4.22. The molecule has 1 N–H and O–H groups in total. The third-order valence-corrected chi connectivity index (χ3v) is 1.93. The van der Waals surface area contributed by atoms with Crippen molar-refractivity contribution in [3.05, 3.63) is 28.7 Å². The van der Waals surface area contributed by atoms with Crippen molar-refractivity contribution in [3.8, 4) is 0 Å². The summed E-state index contributed by atoms with van der Waals surface area (Å²) in [5.41, 5.74) is 1.44. The largest absolute Gasteiger partial charge is 0.347 e. The lowest BCUT2D eigenvalue weighted by Gasteiger charge is -1.98. The Balaban J connectivity index is 2.71. The Bertz CT molecular complexity index is 470. The molecular weight excluding hydrogens is 168 g/mol. The third-order valence-electron chi connectivity index (χ3n) is 1.93. The maximum atomic E-state index is 11.2. The van der Waals surface area contributed by atoms with Crippen LogP contribution >= 0.6 is 0 Å². The number of imidazole rings is 1. The summed E-state index contributed by atoms with van der Waals surface area (Å²) in [7, 11) is 0. The van der Waals surface area contributed by atoms with E-state index < -0.39 is 0 Å². The molecule has 2 rings (SSSR count). The number of rotatable bonds is 2. The molecule has 0 fully saturated rings. The number of aromatic amines is 1. The van der Waals surface area contributed by atoms with Crippen LogP contribution in [0.4, 0.5) is 0 Å². The number of aryl methyl sites for hydroxylation is 1. The minimum absolute atomic E-state index is 0.243. The van der Waals surface area contributed by atoms with Crippen LogP contribution in [-0.4, -0.2) is 19.6 Å². The molecule has 0 spiro atoms. The number of hydrogen-bond acceptors (Lipinski definition) is 3. The highest BCUT2D eigenvalue weighted by atomic mass is 16.1. The Morgan fingerprint density at radius 2 is 2.46 bits per heavy atom. The lowest BCUT2D eigenvalue weighted by atomic mass is 10.2. The highest BCUT2D eigenvalue weighted by molar-refractivity contribution is 5.48. The summed E-state index contributed by atoms with van der Waals surface area (Å²) in [5, 5.41) is 6.40. The summed E-state index contributed by atoms with van der Waals surface area (Å²) in [4.78, 5) is 15.1. The molecule has 0 aromatic carbocycles. The van der Waals surface area contributed by atoms with E-state index in [0.717, 1.165) is 24.1 Å². The molecule has 5 nitrogen and oxygen atoms in total. The van der Waals surface area contributed by atoms with Gasteiger partial charge in [0.1, 0.15) is 6.33 Å². The molecule has 0 aliphatic carbocycles. The normalized spacial score (nSPS) is 10.8. The van der Waals surface area contributed by atoms with Gasteiger partial charge in [0.05, 0.1) is 17.4 Å². The Hall–Kier alpha value is -1.65. The van der Waals surface area contributed by atoms with Crippen LogP contribution in [0.1, 0.15) is 19.0 Å². The van der Waals surface area contributed by atoms with Gasteiger partial charge >= 0.3 is 5.69 Å². The summed E-state index contributed by atoms with van der Waals surface area (Å²) >= 11 is 0. The van der Waals surface area contributed by atoms with Crippen molar-refractivity contribution in [2.75, 3.05) is 0 Å². The van der Waals surface area contributed by atoms with E-state index in [-0.39, 0.29) is 5.69 Å². The predicted molar refractivity (Wildman–Crippen MR) is 47.6 cm³/mol. The van der Waals surface area contributed by atoms with E-state index >= 15 is 0 Å². The molecule has 2 aromatic heterocycles. The zero-order valence-corrected chi connectivity index (χ0v) is 7.32. The number of nitrogens with zero attached hydrogens (tertiary/aromatic N) is 3. The summed E-state index contributed by atoms with van der Waals surface area (Å²) in [6.07, 6.45) is 5.01. The van der Waals surface area contributed by atoms with Crippen molar-refractivity contribution < 1.29 is 0 Å². The van der Waals surface area contributed by atoms with Crippen LogP contribution in [0.5, 0.6) is 0 Å². The zero-order valence-electron chi connectivity index (χ0n) is 7.32. The highest BCUT2D eigenvalue weighted by Crippen LogP contribution is 2.05. The Morgan fingerprint density at radius 1 is 1.62 bits per heavy atom. The van der Waals surface area contributed by atoms with E-state index in [2.05, 4.69) is 22.1 Å².